The van der Waals surface area contributed by atoms with Gasteiger partial charge in [0.15, 0.2) is 5.65 Å². The Balaban J connectivity index is 2.92. The fraction of sp³-hybridized carbons (Fsp3) is 0.222. The standard InChI is InChI=1S/C9H9N3O4/c1-12-8(16-2)5-6(13)4(9(14)15)3-10-7(5)11-12/h3H,1-2H3,(H,10,11)(H,14,15). The summed E-state index contributed by atoms with van der Waals surface area (Å²) in [4.78, 5) is 25.3. The second-order valence-corrected chi connectivity index (χ2v) is 3.19. The predicted octanol–water partition coefficient (Wildman–Crippen LogP) is -0.0316. The van der Waals surface area contributed by atoms with Crippen molar-refractivity contribution >= 4 is 17.0 Å². The first-order chi connectivity index (χ1) is 7.56. The first-order valence-electron chi connectivity index (χ1n) is 4.42. The molecule has 0 aromatic carbocycles. The molecule has 0 spiro atoms. The fourth-order valence-electron chi connectivity index (χ4n) is 1.55. The van der Waals surface area contributed by atoms with Gasteiger partial charge in [0.2, 0.25) is 11.3 Å². The minimum Gasteiger partial charge on any atom is -0.481 e. The van der Waals surface area contributed by atoms with Crippen LogP contribution in [0.25, 0.3) is 11.0 Å². The van der Waals surface area contributed by atoms with E-state index < -0.39 is 11.4 Å². The highest BCUT2D eigenvalue weighted by Crippen LogP contribution is 2.19. The highest BCUT2D eigenvalue weighted by Gasteiger charge is 2.18. The predicted molar refractivity (Wildman–Crippen MR) is 54.8 cm³/mol. The van der Waals surface area contributed by atoms with Gasteiger partial charge in [-0.25, -0.2) is 9.48 Å². The van der Waals surface area contributed by atoms with Crippen LogP contribution in [0.1, 0.15) is 10.4 Å². The number of aromatic nitrogens is 3. The van der Waals surface area contributed by atoms with Gasteiger partial charge in [0.1, 0.15) is 10.9 Å². The molecule has 0 radical (unpaired) electrons. The highest BCUT2D eigenvalue weighted by atomic mass is 16.5. The minimum absolute atomic E-state index is 0.143. The Labute approximate surface area is 89.3 Å². The Hall–Kier alpha value is -2.31. The summed E-state index contributed by atoms with van der Waals surface area (Å²) >= 11 is 0. The van der Waals surface area contributed by atoms with E-state index in [1.165, 1.54) is 11.8 Å². The topological polar surface area (TPSA) is 97.2 Å². The van der Waals surface area contributed by atoms with E-state index in [1.807, 2.05) is 0 Å². The van der Waals surface area contributed by atoms with Crippen molar-refractivity contribution in [3.05, 3.63) is 22.0 Å². The Bertz CT molecular complexity index is 625. The van der Waals surface area contributed by atoms with Gasteiger partial charge >= 0.3 is 5.97 Å². The fourth-order valence-corrected chi connectivity index (χ4v) is 1.55. The lowest BCUT2D eigenvalue weighted by Crippen LogP contribution is -2.15. The van der Waals surface area contributed by atoms with Crippen molar-refractivity contribution in [3.8, 4) is 5.88 Å². The quantitative estimate of drug-likeness (QED) is 0.745. The number of fused-ring (bicyclic) bond motifs is 1. The van der Waals surface area contributed by atoms with Crippen molar-refractivity contribution < 1.29 is 14.6 Å². The number of H-pyrrole nitrogens is 1. The summed E-state index contributed by atoms with van der Waals surface area (Å²) in [6.07, 6.45) is 1.12. The Morgan fingerprint density at radius 3 is 2.88 bits per heavy atom. The normalized spacial score (nSPS) is 10.6. The van der Waals surface area contributed by atoms with Gasteiger partial charge in [0, 0.05) is 13.2 Å². The molecular formula is C9H9N3O4. The average molecular weight is 223 g/mol. The Kier molecular flexibility index (Phi) is 2.15. The second-order valence-electron chi connectivity index (χ2n) is 3.19. The van der Waals surface area contributed by atoms with Gasteiger partial charge < -0.3 is 14.8 Å². The molecule has 0 saturated carbocycles. The van der Waals surface area contributed by atoms with E-state index in [4.69, 9.17) is 9.84 Å². The molecule has 84 valence electrons. The first kappa shape index (κ1) is 10.2. The van der Waals surface area contributed by atoms with Crippen molar-refractivity contribution in [1.29, 1.82) is 0 Å². The van der Waals surface area contributed by atoms with Crippen LogP contribution < -0.4 is 10.2 Å². The van der Waals surface area contributed by atoms with Gasteiger partial charge in [-0.2, -0.15) is 5.10 Å². The lowest BCUT2D eigenvalue weighted by atomic mass is 10.2. The maximum atomic E-state index is 11.8. The molecule has 7 nitrogen and oxygen atoms in total. The number of carboxylic acid groups (broad SMARTS) is 1. The van der Waals surface area contributed by atoms with Gasteiger partial charge in [0.25, 0.3) is 0 Å². The molecule has 16 heavy (non-hydrogen) atoms. The molecular weight excluding hydrogens is 214 g/mol. The number of hydrogen-bond acceptors (Lipinski definition) is 4. The number of carbonyl (C=O) groups is 1. The third kappa shape index (κ3) is 1.25. The number of rotatable bonds is 2. The van der Waals surface area contributed by atoms with E-state index in [0.29, 0.717) is 5.65 Å². The smallest absolute Gasteiger partial charge is 0.341 e. The zero-order valence-corrected chi connectivity index (χ0v) is 8.64. The van der Waals surface area contributed by atoms with Crippen molar-refractivity contribution in [2.45, 2.75) is 0 Å². The van der Waals surface area contributed by atoms with Crippen LogP contribution in [0, 0.1) is 0 Å². The first-order valence-corrected chi connectivity index (χ1v) is 4.42. The van der Waals surface area contributed by atoms with E-state index in [9.17, 15) is 9.59 Å². The average Bonchev–Trinajstić information content (AvgIpc) is 2.54. The number of hydrogen-bond donors (Lipinski definition) is 2. The number of aryl methyl sites for hydroxylation is 1. The summed E-state index contributed by atoms with van der Waals surface area (Å²) in [7, 11) is 3.00. The van der Waals surface area contributed by atoms with Gasteiger partial charge in [0.05, 0.1) is 7.11 Å². The maximum absolute atomic E-state index is 11.8. The van der Waals surface area contributed by atoms with Crippen LogP contribution in [0.2, 0.25) is 0 Å². The summed E-state index contributed by atoms with van der Waals surface area (Å²) in [5.41, 5.74) is -0.639. The van der Waals surface area contributed by atoms with E-state index in [1.54, 1.807) is 7.05 Å². The number of ether oxygens (including phenoxy) is 1. The van der Waals surface area contributed by atoms with Gasteiger partial charge in [-0.1, -0.05) is 0 Å². The molecule has 0 aliphatic rings. The molecule has 7 heteroatoms. The molecule has 0 atom stereocenters. The van der Waals surface area contributed by atoms with Gasteiger partial charge in [-0.05, 0) is 0 Å². The second kappa shape index (κ2) is 3.37. The minimum atomic E-state index is -1.28. The largest absolute Gasteiger partial charge is 0.481 e. The van der Waals surface area contributed by atoms with Crippen LogP contribution in [0.5, 0.6) is 5.88 Å². The van der Waals surface area contributed by atoms with Crippen LogP contribution >= 0.6 is 0 Å². The number of methoxy groups -OCH3 is 1. The van der Waals surface area contributed by atoms with Crippen molar-refractivity contribution in [2.75, 3.05) is 7.11 Å². The summed E-state index contributed by atoms with van der Waals surface area (Å²) in [6.45, 7) is 0. The number of carboxylic acids is 1. The summed E-state index contributed by atoms with van der Waals surface area (Å²) in [5, 5.41) is 12.9. The molecule has 2 rings (SSSR count). The van der Waals surface area contributed by atoms with Gasteiger partial charge in [-0.3, -0.25) is 4.79 Å². The summed E-state index contributed by atoms with van der Waals surface area (Å²) < 4.78 is 6.37. The molecule has 0 aliphatic carbocycles. The monoisotopic (exact) mass is 223 g/mol. The molecule has 0 fully saturated rings. The van der Waals surface area contributed by atoms with Crippen LogP contribution in [0.3, 0.4) is 0 Å². The van der Waals surface area contributed by atoms with E-state index in [0.717, 1.165) is 6.20 Å². The highest BCUT2D eigenvalue weighted by molar-refractivity contribution is 5.93. The van der Waals surface area contributed by atoms with E-state index in [2.05, 4.69) is 10.1 Å². The summed E-state index contributed by atoms with van der Waals surface area (Å²) in [6, 6.07) is 0. The number of pyridine rings is 1. The van der Waals surface area contributed by atoms with Gasteiger partial charge in [-0.15, -0.1) is 0 Å². The van der Waals surface area contributed by atoms with Crippen LogP contribution in [-0.2, 0) is 7.05 Å². The molecule has 0 aliphatic heterocycles. The summed E-state index contributed by atoms with van der Waals surface area (Å²) in [5.74, 6) is -1.05. The molecule has 0 amide bonds. The van der Waals surface area contributed by atoms with Crippen molar-refractivity contribution in [3.63, 3.8) is 0 Å². The molecule has 2 aromatic rings. The molecule has 0 saturated heterocycles. The Morgan fingerprint density at radius 1 is 1.62 bits per heavy atom. The zero-order chi connectivity index (χ0) is 11.9. The zero-order valence-electron chi connectivity index (χ0n) is 8.64. The van der Waals surface area contributed by atoms with Crippen LogP contribution in [0.4, 0.5) is 0 Å². The lowest BCUT2D eigenvalue weighted by Gasteiger charge is -1.98. The maximum Gasteiger partial charge on any atom is 0.341 e. The number of aromatic carboxylic acids is 1. The molecule has 2 N–H and O–H groups in total. The van der Waals surface area contributed by atoms with Crippen molar-refractivity contribution in [2.24, 2.45) is 7.05 Å². The number of nitrogens with zero attached hydrogens (tertiary/aromatic N) is 2. The molecule has 2 aromatic heterocycles. The SMILES string of the molecule is COc1c2c(=O)c(C(=O)O)c[nH]c2nn1C. The third-order valence-corrected chi connectivity index (χ3v) is 2.24. The molecule has 2 heterocycles. The van der Waals surface area contributed by atoms with E-state index in [-0.39, 0.29) is 16.8 Å². The van der Waals surface area contributed by atoms with Crippen LogP contribution in [0.15, 0.2) is 11.0 Å². The van der Waals surface area contributed by atoms with Crippen LogP contribution in [-0.4, -0.2) is 33.0 Å². The van der Waals surface area contributed by atoms with E-state index >= 15 is 0 Å². The molecule has 0 unspecified atom stereocenters. The lowest BCUT2D eigenvalue weighted by molar-refractivity contribution is 0.0695. The number of aromatic amines is 1. The molecule has 0 bridgehead atoms. The Morgan fingerprint density at radius 2 is 2.31 bits per heavy atom. The third-order valence-electron chi connectivity index (χ3n) is 2.24. The van der Waals surface area contributed by atoms with Crippen molar-refractivity contribution in [1.82, 2.24) is 14.8 Å². The number of nitrogens with one attached hydrogen (secondary N) is 1.